The quantitative estimate of drug-likeness (QED) is 0.101. The number of nitrogens with zero attached hydrogens (tertiary/aromatic N) is 4. The third kappa shape index (κ3) is 13.5. The van der Waals surface area contributed by atoms with Gasteiger partial charge < -0.3 is 44.2 Å². The first kappa shape index (κ1) is 53.0. The molecule has 57 heavy (non-hydrogen) atoms. The second-order valence-corrected chi connectivity index (χ2v) is 17.0. The summed E-state index contributed by atoms with van der Waals surface area (Å²) < 4.78 is 7.91. The van der Waals surface area contributed by atoms with Gasteiger partial charge in [-0.15, -0.1) is 11.3 Å². The van der Waals surface area contributed by atoms with Gasteiger partial charge in [-0.2, -0.15) is 0 Å². The van der Waals surface area contributed by atoms with Crippen molar-refractivity contribution in [2.24, 2.45) is 0 Å². The molecular formula is C43H45Br6N5S3. The Balaban J connectivity index is 0.000000406. The molecule has 0 bridgehead atoms. The summed E-state index contributed by atoms with van der Waals surface area (Å²) in [5.41, 5.74) is 7.83. The van der Waals surface area contributed by atoms with Gasteiger partial charge in [-0.1, -0.05) is 90.2 Å². The molecule has 3 aliphatic rings. The second-order valence-electron chi connectivity index (χ2n) is 12.0. The number of hydrogen-bond donors (Lipinski definition) is 1. The van der Waals surface area contributed by atoms with E-state index in [4.69, 9.17) is 4.98 Å². The van der Waals surface area contributed by atoms with Gasteiger partial charge in [0.15, 0.2) is 0 Å². The zero-order chi connectivity index (χ0) is 36.8. The Morgan fingerprint density at radius 1 is 0.632 bits per heavy atom. The van der Waals surface area contributed by atoms with Crippen molar-refractivity contribution in [1.82, 2.24) is 14.5 Å². The van der Waals surface area contributed by atoms with E-state index in [-0.39, 0.29) is 56.2 Å². The fraction of sp³-hybridized carbons (Fsp3) is 0.163. The molecule has 0 spiro atoms. The SMILES string of the molecule is BrBr.Brc1ccc2nc3ccc(Br)cc3[s+]c2c1.C.C.C.CN(C)c1ccc2nc3ccc(=[N+](C)C)cc-3sc2c1.[Br-].[Br-].c1ccc2c(c1)Nc1ccccc1S2. The van der Waals surface area contributed by atoms with E-state index in [1.807, 2.05) is 36.0 Å². The Kier molecular flexibility index (Phi) is 23.2. The summed E-state index contributed by atoms with van der Waals surface area (Å²) in [7, 11) is 8.24. The van der Waals surface area contributed by atoms with Crippen molar-refractivity contribution >= 4 is 142 Å². The number of hydrogen-bond acceptors (Lipinski definition) is 6. The van der Waals surface area contributed by atoms with Crippen molar-refractivity contribution in [2.45, 2.75) is 32.1 Å². The van der Waals surface area contributed by atoms with Crippen molar-refractivity contribution in [3.8, 4) is 10.6 Å². The molecule has 0 fully saturated rings. The molecule has 0 atom stereocenters. The van der Waals surface area contributed by atoms with E-state index in [1.165, 1.54) is 51.2 Å². The molecule has 0 saturated heterocycles. The van der Waals surface area contributed by atoms with Crippen LogP contribution >= 0.6 is 94.6 Å². The van der Waals surface area contributed by atoms with Gasteiger partial charge in [-0.3, -0.25) is 0 Å². The molecule has 5 aromatic carbocycles. The minimum absolute atomic E-state index is 0. The Morgan fingerprint density at radius 2 is 1.16 bits per heavy atom. The van der Waals surface area contributed by atoms with E-state index in [1.54, 1.807) is 22.7 Å². The summed E-state index contributed by atoms with van der Waals surface area (Å²) >= 11 is 17.8. The number of halogens is 6. The standard InChI is InChI=1S/C16H18N3S.C12H6Br2NS.C12H9NS.3CH4.Br2.2BrH/c1-18(2)11-5-7-13-15(9-11)20-16-10-12(19(3)4)6-8-14(16)17-13;13-7-1-3-9-11(5-7)16-12-6-8(14)2-4-10(12)15-9;1-3-7-11-9(5-1)13-10-6-2-4-8-12(10)14-11;;;;1-2;;/h5-10H,1-4H3;1-6H;1-8,13H;3*1H4;;2*1H/q2*+1;;;;;;;/p-2. The first-order valence-electron chi connectivity index (χ1n) is 16.0. The van der Waals surface area contributed by atoms with Crippen LogP contribution in [0.2, 0.25) is 0 Å². The lowest BCUT2D eigenvalue weighted by molar-refractivity contribution is -0.00100. The van der Waals surface area contributed by atoms with Crippen molar-refractivity contribution in [3.63, 3.8) is 0 Å². The summed E-state index contributed by atoms with van der Waals surface area (Å²) in [6.45, 7) is 0. The molecule has 0 amide bonds. The zero-order valence-electron chi connectivity index (χ0n) is 29.3. The Bertz CT molecular complexity index is 2420. The summed E-state index contributed by atoms with van der Waals surface area (Å²) in [5.74, 6) is 0. The first-order valence-corrected chi connectivity index (χ1v) is 23.7. The highest BCUT2D eigenvalue weighted by atomic mass is 80.9. The zero-order valence-corrected chi connectivity index (χ0v) is 41.3. The van der Waals surface area contributed by atoms with Gasteiger partial charge in [-0.25, -0.2) is 14.5 Å². The number of benzene rings is 6. The largest absolute Gasteiger partial charge is 1.00 e. The summed E-state index contributed by atoms with van der Waals surface area (Å²) in [5, 5.41) is 4.63. The van der Waals surface area contributed by atoms with Crippen LogP contribution in [0, 0.1) is 0 Å². The van der Waals surface area contributed by atoms with E-state index in [0.29, 0.717) is 0 Å². The molecule has 9 rings (SSSR count). The summed E-state index contributed by atoms with van der Waals surface area (Å²) in [6.07, 6.45) is 0. The molecule has 3 heterocycles. The highest BCUT2D eigenvalue weighted by Gasteiger charge is 2.15. The normalized spacial score (nSPS) is 10.2. The van der Waals surface area contributed by atoms with Gasteiger partial charge in [0.2, 0.25) is 16.7 Å². The van der Waals surface area contributed by atoms with Crippen molar-refractivity contribution in [3.05, 3.63) is 136 Å². The maximum absolute atomic E-state index is 4.75. The fourth-order valence-corrected chi connectivity index (χ4v) is 9.40. The van der Waals surface area contributed by atoms with Gasteiger partial charge in [0.1, 0.15) is 25.1 Å². The van der Waals surface area contributed by atoms with E-state index < -0.39 is 0 Å². The van der Waals surface area contributed by atoms with E-state index in [2.05, 4.69) is 205 Å². The third-order valence-electron chi connectivity index (χ3n) is 7.95. The highest BCUT2D eigenvalue weighted by molar-refractivity contribution is 9.93. The van der Waals surface area contributed by atoms with Crippen LogP contribution in [0.1, 0.15) is 22.3 Å². The Morgan fingerprint density at radius 3 is 1.68 bits per heavy atom. The second kappa shape index (κ2) is 24.9. The van der Waals surface area contributed by atoms with Crippen LogP contribution in [0.15, 0.2) is 140 Å². The van der Waals surface area contributed by atoms with Crippen molar-refractivity contribution < 1.29 is 34.0 Å². The molecule has 0 unspecified atom stereocenters. The molecule has 14 heteroatoms. The van der Waals surface area contributed by atoms with E-state index in [0.717, 1.165) is 31.2 Å². The number of fused-ring (bicyclic) bond motifs is 6. The molecule has 5 nitrogen and oxygen atoms in total. The number of anilines is 3. The average molecular weight is 1210 g/mol. The van der Waals surface area contributed by atoms with Crippen LogP contribution in [0.3, 0.4) is 0 Å². The minimum atomic E-state index is 0. The van der Waals surface area contributed by atoms with Gasteiger partial charge in [0, 0.05) is 91.0 Å². The topological polar surface area (TPSA) is 44.1 Å². The van der Waals surface area contributed by atoms with Gasteiger partial charge in [0.25, 0.3) is 9.40 Å². The lowest BCUT2D eigenvalue weighted by Crippen LogP contribution is -3.00. The molecule has 0 saturated carbocycles. The molecule has 6 aromatic rings. The molecule has 302 valence electrons. The predicted molar refractivity (Wildman–Crippen MR) is 263 cm³/mol. The summed E-state index contributed by atoms with van der Waals surface area (Å²) in [4.78, 5) is 15.3. The van der Waals surface area contributed by atoms with Gasteiger partial charge >= 0.3 is 0 Å². The Labute approximate surface area is 403 Å². The minimum Gasteiger partial charge on any atom is -1.00 e. The lowest BCUT2D eigenvalue weighted by Gasteiger charge is -2.19. The third-order valence-corrected chi connectivity index (χ3v) is 12.3. The van der Waals surface area contributed by atoms with Crippen molar-refractivity contribution in [1.29, 1.82) is 0 Å². The van der Waals surface area contributed by atoms with Crippen LogP contribution in [-0.2, 0) is 0 Å². The van der Waals surface area contributed by atoms with Crippen molar-refractivity contribution in [2.75, 3.05) is 38.4 Å². The maximum Gasteiger partial charge on any atom is 0.258 e. The molecule has 1 N–H and O–H groups in total. The van der Waals surface area contributed by atoms with Crippen LogP contribution in [-0.4, -0.2) is 38.2 Å². The number of nitrogens with one attached hydrogen (secondary N) is 1. The fourth-order valence-electron chi connectivity index (χ4n) is 5.31. The van der Waals surface area contributed by atoms with Crippen LogP contribution in [0.5, 0.6) is 0 Å². The average Bonchev–Trinajstić information content (AvgIpc) is 3.16. The smallest absolute Gasteiger partial charge is 0.258 e. The molecule has 1 aliphatic carbocycles. The first-order chi connectivity index (χ1) is 25.2. The van der Waals surface area contributed by atoms with Crippen LogP contribution in [0.25, 0.3) is 41.2 Å². The predicted octanol–water partition coefficient (Wildman–Crippen LogP) is 9.26. The van der Waals surface area contributed by atoms with Crippen LogP contribution in [0.4, 0.5) is 17.1 Å². The lowest BCUT2D eigenvalue weighted by atomic mass is 10.2. The van der Waals surface area contributed by atoms with Gasteiger partial charge in [-0.05, 0) is 72.8 Å². The highest BCUT2D eigenvalue weighted by Crippen LogP contribution is 2.43. The molecule has 1 aromatic heterocycles. The summed E-state index contributed by atoms with van der Waals surface area (Å²) in [6, 6.07) is 41.9. The molecule has 0 radical (unpaired) electrons. The molecular weight excluding hydrogens is 1160 g/mol. The van der Waals surface area contributed by atoms with Gasteiger partial charge in [0.05, 0.1) is 32.2 Å². The molecule has 2 aliphatic heterocycles. The number of aromatic nitrogens is 2. The van der Waals surface area contributed by atoms with E-state index >= 15 is 0 Å². The number of para-hydroxylation sites is 2. The monoisotopic (exact) mass is 1200 g/mol. The number of rotatable bonds is 1. The van der Waals surface area contributed by atoms with Crippen LogP contribution < -0.4 is 54.1 Å². The van der Waals surface area contributed by atoms with E-state index in [9.17, 15) is 0 Å². The maximum atomic E-state index is 4.75. The Hall–Kier alpha value is -2.01.